The van der Waals surface area contributed by atoms with Crippen molar-refractivity contribution in [1.29, 1.82) is 5.26 Å². The number of carbonyl (C=O) groups excluding carboxylic acids is 2. The Morgan fingerprint density at radius 1 is 1.39 bits per heavy atom. The van der Waals surface area contributed by atoms with Crippen molar-refractivity contribution in [3.63, 3.8) is 0 Å². The number of aromatic nitrogens is 2. The van der Waals surface area contributed by atoms with E-state index in [0.717, 1.165) is 4.90 Å². The number of anilines is 2. The maximum Gasteiger partial charge on any atom is 0.410 e. The number of ketones is 1. The summed E-state index contributed by atoms with van der Waals surface area (Å²) in [6, 6.07) is 6.15. The first-order chi connectivity index (χ1) is 15.6. The summed E-state index contributed by atoms with van der Waals surface area (Å²) in [5, 5.41) is 26.8. The molecular formula is C21H23FN6O5. The zero-order valence-electron chi connectivity index (χ0n) is 18.0. The zero-order valence-corrected chi connectivity index (χ0v) is 18.0. The van der Waals surface area contributed by atoms with Crippen LogP contribution in [0.15, 0.2) is 30.5 Å². The van der Waals surface area contributed by atoms with Crippen LogP contribution in [0.4, 0.5) is 20.7 Å². The average molecular weight is 458 g/mol. The smallest absolute Gasteiger partial charge is 0.410 e. The van der Waals surface area contributed by atoms with Crippen LogP contribution in [-0.2, 0) is 9.53 Å². The molecule has 1 fully saturated rings. The molecule has 0 saturated carbocycles. The number of hydrogen-bond acceptors (Lipinski definition) is 7. The van der Waals surface area contributed by atoms with E-state index in [2.05, 4.69) is 16.5 Å². The highest BCUT2D eigenvalue weighted by atomic mass is 19.1. The number of carboxylic acid groups (broad SMARTS) is 1. The van der Waals surface area contributed by atoms with Gasteiger partial charge < -0.3 is 20.9 Å². The number of carbonyl (C=O) groups is 3. The highest BCUT2D eigenvalue weighted by Gasteiger charge is 2.59. The van der Waals surface area contributed by atoms with Gasteiger partial charge in [-0.15, -0.1) is 0 Å². The van der Waals surface area contributed by atoms with Crippen molar-refractivity contribution in [1.82, 2.24) is 14.7 Å². The summed E-state index contributed by atoms with van der Waals surface area (Å²) < 4.78 is 20.2. The number of rotatable bonds is 7. The van der Waals surface area contributed by atoms with Crippen LogP contribution in [0.25, 0.3) is 0 Å². The van der Waals surface area contributed by atoms with Gasteiger partial charge in [0.2, 0.25) is 5.72 Å². The Labute approximate surface area is 188 Å². The van der Waals surface area contributed by atoms with Gasteiger partial charge in [0.15, 0.2) is 11.6 Å². The summed E-state index contributed by atoms with van der Waals surface area (Å²) >= 11 is 0. The van der Waals surface area contributed by atoms with Crippen LogP contribution in [0.2, 0.25) is 0 Å². The largest absolute Gasteiger partial charge is 0.465 e. The second-order valence-electron chi connectivity index (χ2n) is 7.46. The van der Waals surface area contributed by atoms with E-state index < -0.39 is 41.3 Å². The van der Waals surface area contributed by atoms with Gasteiger partial charge in [0.1, 0.15) is 17.4 Å². The number of nitriles is 1. The highest BCUT2D eigenvalue weighted by molar-refractivity contribution is 5.98. The lowest BCUT2D eigenvalue weighted by Gasteiger charge is -2.49. The molecule has 3 rings (SSSR count). The maximum atomic E-state index is 13.2. The minimum Gasteiger partial charge on any atom is -0.465 e. The summed E-state index contributed by atoms with van der Waals surface area (Å²) in [5.41, 5.74) is 3.79. The Morgan fingerprint density at radius 3 is 2.58 bits per heavy atom. The summed E-state index contributed by atoms with van der Waals surface area (Å²) in [6.07, 6.45) is -0.0418. The summed E-state index contributed by atoms with van der Waals surface area (Å²) in [4.78, 5) is 37.9. The van der Waals surface area contributed by atoms with Crippen molar-refractivity contribution in [2.45, 2.75) is 32.0 Å². The molecule has 174 valence electrons. The van der Waals surface area contributed by atoms with Crippen LogP contribution in [0.3, 0.4) is 0 Å². The lowest BCUT2D eigenvalue weighted by atomic mass is 9.81. The standard InChI is InChI=1S/C21H23FN6O5/c1-3-33-21(12(2)29)17(13(10-23)8-9-27(21)20(31)32)28-11-16(18(24)30)19(26-28)25-15-6-4-14(22)5-7-15/h4-7,11,13,17H,3,8-9H2,1-2H3,(H2,24,30)(H,25,26)(H,31,32). The van der Waals surface area contributed by atoms with E-state index >= 15 is 0 Å². The van der Waals surface area contributed by atoms with Crippen molar-refractivity contribution in [2.75, 3.05) is 18.5 Å². The van der Waals surface area contributed by atoms with Gasteiger partial charge in [-0.25, -0.2) is 9.18 Å². The summed E-state index contributed by atoms with van der Waals surface area (Å²) in [5.74, 6) is -2.82. The fourth-order valence-electron chi connectivity index (χ4n) is 4.12. The first-order valence-electron chi connectivity index (χ1n) is 10.1. The molecule has 3 unspecified atom stereocenters. The van der Waals surface area contributed by atoms with E-state index in [0.29, 0.717) is 5.69 Å². The molecule has 3 atom stereocenters. The van der Waals surface area contributed by atoms with Crippen molar-refractivity contribution in [3.05, 3.63) is 41.8 Å². The van der Waals surface area contributed by atoms with E-state index in [9.17, 15) is 29.1 Å². The quantitative estimate of drug-likeness (QED) is 0.569. The average Bonchev–Trinajstić information content (AvgIpc) is 3.18. The summed E-state index contributed by atoms with van der Waals surface area (Å²) in [7, 11) is 0. The van der Waals surface area contributed by atoms with Gasteiger partial charge >= 0.3 is 6.09 Å². The number of piperidine rings is 1. The molecular weight excluding hydrogens is 435 g/mol. The Hall–Kier alpha value is -3.98. The second kappa shape index (κ2) is 9.25. The lowest BCUT2D eigenvalue weighted by molar-refractivity contribution is -0.198. The number of halogens is 1. The Kier molecular flexibility index (Phi) is 6.64. The zero-order chi connectivity index (χ0) is 24.3. The van der Waals surface area contributed by atoms with Crippen LogP contribution in [0.5, 0.6) is 0 Å². The van der Waals surface area contributed by atoms with Crippen molar-refractivity contribution < 1.29 is 28.6 Å². The molecule has 1 aromatic heterocycles. The molecule has 2 aromatic rings. The van der Waals surface area contributed by atoms with Gasteiger partial charge in [-0.05, 0) is 44.5 Å². The van der Waals surface area contributed by atoms with Crippen LogP contribution in [0, 0.1) is 23.1 Å². The molecule has 4 N–H and O–H groups in total. The van der Waals surface area contributed by atoms with Gasteiger partial charge in [-0.2, -0.15) is 10.4 Å². The third-order valence-electron chi connectivity index (χ3n) is 5.50. The first kappa shape index (κ1) is 23.7. The van der Waals surface area contributed by atoms with Crippen LogP contribution in [-0.4, -0.2) is 56.4 Å². The number of Topliss-reactive ketones (excluding diaryl/α,β-unsaturated/α-hetero) is 1. The number of nitrogens with zero attached hydrogens (tertiary/aromatic N) is 4. The number of nitrogens with two attached hydrogens (primary N) is 1. The van der Waals surface area contributed by atoms with E-state index in [-0.39, 0.29) is 31.0 Å². The first-order valence-corrected chi connectivity index (χ1v) is 10.1. The molecule has 1 aliphatic heterocycles. The van der Waals surface area contributed by atoms with E-state index in [1.807, 2.05) is 0 Å². The van der Waals surface area contributed by atoms with E-state index in [1.54, 1.807) is 6.92 Å². The molecule has 1 aliphatic rings. The lowest BCUT2D eigenvalue weighted by Crippen LogP contribution is -2.67. The van der Waals surface area contributed by atoms with Crippen LogP contribution in [0.1, 0.15) is 36.7 Å². The fraction of sp³-hybridized carbons (Fsp3) is 0.381. The molecule has 0 aliphatic carbocycles. The molecule has 2 amide bonds. The number of likely N-dealkylation sites (tertiary alicyclic amines) is 1. The number of hydrogen-bond donors (Lipinski definition) is 3. The van der Waals surface area contributed by atoms with Gasteiger partial charge in [0.05, 0.1) is 12.0 Å². The topological polar surface area (TPSA) is 164 Å². The SMILES string of the molecule is CCOC1(C(C)=O)C(n2cc(C(N)=O)c(Nc3ccc(F)cc3)n2)C(C#N)CCN1C(=O)O. The summed E-state index contributed by atoms with van der Waals surface area (Å²) in [6.45, 7) is 2.64. The molecule has 0 bridgehead atoms. The number of primary amides is 1. The number of benzene rings is 1. The Bertz CT molecular complexity index is 1110. The van der Waals surface area contributed by atoms with Crippen molar-refractivity contribution in [3.8, 4) is 6.07 Å². The van der Waals surface area contributed by atoms with Crippen LogP contribution < -0.4 is 11.1 Å². The van der Waals surface area contributed by atoms with E-state index in [4.69, 9.17) is 10.5 Å². The molecule has 0 radical (unpaired) electrons. The molecule has 2 heterocycles. The number of amides is 2. The normalized spacial score (nSPS) is 22.4. The molecule has 0 spiro atoms. The van der Waals surface area contributed by atoms with E-state index in [1.165, 1.54) is 42.1 Å². The van der Waals surface area contributed by atoms with Crippen molar-refractivity contribution >= 4 is 29.3 Å². The van der Waals surface area contributed by atoms with Crippen molar-refractivity contribution in [2.24, 2.45) is 11.7 Å². The van der Waals surface area contributed by atoms with Gasteiger partial charge in [0.25, 0.3) is 5.91 Å². The molecule has 33 heavy (non-hydrogen) atoms. The van der Waals surface area contributed by atoms with Gasteiger partial charge in [-0.3, -0.25) is 19.2 Å². The molecule has 11 nitrogen and oxygen atoms in total. The molecule has 1 saturated heterocycles. The molecule has 12 heteroatoms. The highest BCUT2D eigenvalue weighted by Crippen LogP contribution is 2.43. The molecule has 1 aromatic carbocycles. The van der Waals surface area contributed by atoms with Gasteiger partial charge in [0, 0.05) is 25.0 Å². The monoisotopic (exact) mass is 458 g/mol. The number of ether oxygens (including phenoxy) is 1. The predicted molar refractivity (Wildman–Crippen MR) is 113 cm³/mol. The Morgan fingerprint density at radius 2 is 2.06 bits per heavy atom. The maximum absolute atomic E-state index is 13.2. The minimum atomic E-state index is -2.05. The second-order valence-corrected chi connectivity index (χ2v) is 7.46. The number of nitrogens with one attached hydrogen (secondary N) is 1. The third kappa shape index (κ3) is 4.22. The van der Waals surface area contributed by atoms with Gasteiger partial charge in [-0.1, -0.05) is 0 Å². The Balaban J connectivity index is 2.18. The predicted octanol–water partition coefficient (Wildman–Crippen LogP) is 2.25. The minimum absolute atomic E-state index is 0.00723. The van der Waals surface area contributed by atoms with Crippen LogP contribution >= 0.6 is 0 Å². The third-order valence-corrected chi connectivity index (χ3v) is 5.50. The fourth-order valence-corrected chi connectivity index (χ4v) is 4.12.